The molecule has 0 radical (unpaired) electrons. The third-order valence-electron chi connectivity index (χ3n) is 1.80. The number of aryl methyl sites for hydroxylation is 1. The van der Waals surface area contributed by atoms with Crippen LogP contribution in [0.15, 0.2) is 12.1 Å². The normalized spacial score (nSPS) is 10.1. The van der Waals surface area contributed by atoms with Crippen LogP contribution in [0.5, 0.6) is 0 Å². The topological polar surface area (TPSA) is 69.2 Å². The van der Waals surface area contributed by atoms with Gasteiger partial charge >= 0.3 is 0 Å². The molecule has 0 aliphatic rings. The van der Waals surface area contributed by atoms with Gasteiger partial charge in [-0.1, -0.05) is 23.7 Å². The SMILES string of the molecule is Cc1ccc(CN)c(Cl)c1[N+](=O)[O-]. The summed E-state index contributed by atoms with van der Waals surface area (Å²) in [5, 5.41) is 10.7. The second-order valence-corrected chi connectivity index (χ2v) is 3.04. The van der Waals surface area contributed by atoms with Crippen LogP contribution in [0.25, 0.3) is 0 Å². The summed E-state index contributed by atoms with van der Waals surface area (Å²) in [7, 11) is 0. The zero-order valence-corrected chi connectivity index (χ0v) is 7.84. The maximum absolute atomic E-state index is 10.6. The Bertz CT molecular complexity index is 352. The van der Waals surface area contributed by atoms with Gasteiger partial charge in [0.15, 0.2) is 0 Å². The third kappa shape index (κ3) is 1.79. The Morgan fingerprint density at radius 3 is 2.69 bits per heavy atom. The standard InChI is InChI=1S/C8H9ClN2O2/c1-5-2-3-6(4-10)7(9)8(5)11(12)13/h2-3H,4,10H2,1H3. The van der Waals surface area contributed by atoms with E-state index in [1.54, 1.807) is 19.1 Å². The molecule has 1 aromatic rings. The fourth-order valence-corrected chi connectivity index (χ4v) is 1.44. The first-order chi connectivity index (χ1) is 6.07. The molecule has 0 unspecified atom stereocenters. The van der Waals surface area contributed by atoms with Gasteiger partial charge in [0.2, 0.25) is 0 Å². The number of benzene rings is 1. The van der Waals surface area contributed by atoms with Gasteiger partial charge in [0, 0.05) is 12.1 Å². The number of nitro benzene ring substituents is 1. The fraction of sp³-hybridized carbons (Fsp3) is 0.250. The smallest absolute Gasteiger partial charge is 0.291 e. The molecule has 70 valence electrons. The molecular weight excluding hydrogens is 192 g/mol. The first kappa shape index (κ1) is 9.95. The van der Waals surface area contributed by atoms with Crippen molar-refractivity contribution in [2.75, 3.05) is 0 Å². The average molecular weight is 201 g/mol. The van der Waals surface area contributed by atoms with Crippen LogP contribution < -0.4 is 5.73 Å². The van der Waals surface area contributed by atoms with Crippen molar-refractivity contribution in [3.05, 3.63) is 38.4 Å². The summed E-state index contributed by atoms with van der Waals surface area (Å²) in [5.74, 6) is 0. The molecule has 0 bridgehead atoms. The quantitative estimate of drug-likeness (QED) is 0.587. The molecule has 0 saturated carbocycles. The molecule has 5 heteroatoms. The van der Waals surface area contributed by atoms with Crippen molar-refractivity contribution in [3.63, 3.8) is 0 Å². The van der Waals surface area contributed by atoms with E-state index in [0.717, 1.165) is 0 Å². The van der Waals surface area contributed by atoms with E-state index >= 15 is 0 Å². The van der Waals surface area contributed by atoms with Gasteiger partial charge in [-0.3, -0.25) is 10.1 Å². The van der Waals surface area contributed by atoms with E-state index in [-0.39, 0.29) is 17.3 Å². The predicted octanol–water partition coefficient (Wildman–Crippen LogP) is 2.02. The average Bonchev–Trinajstić information content (AvgIpc) is 2.04. The number of rotatable bonds is 2. The molecule has 4 nitrogen and oxygen atoms in total. The second-order valence-electron chi connectivity index (χ2n) is 2.67. The molecule has 0 aliphatic heterocycles. The first-order valence-corrected chi connectivity index (χ1v) is 4.08. The maximum atomic E-state index is 10.6. The van der Waals surface area contributed by atoms with Gasteiger partial charge in [-0.2, -0.15) is 0 Å². The number of hydrogen-bond donors (Lipinski definition) is 1. The zero-order chi connectivity index (χ0) is 10.0. The minimum atomic E-state index is -0.489. The molecule has 1 rings (SSSR count). The Morgan fingerprint density at radius 2 is 2.23 bits per heavy atom. The van der Waals surface area contributed by atoms with Crippen molar-refractivity contribution in [2.45, 2.75) is 13.5 Å². The van der Waals surface area contributed by atoms with Crippen molar-refractivity contribution < 1.29 is 4.92 Å². The Kier molecular flexibility index (Phi) is 2.85. The van der Waals surface area contributed by atoms with Crippen LogP contribution in [-0.2, 0) is 6.54 Å². The highest BCUT2D eigenvalue weighted by Gasteiger charge is 2.18. The summed E-state index contributed by atoms with van der Waals surface area (Å²) in [5.41, 5.74) is 6.46. The molecule has 0 aromatic heterocycles. The van der Waals surface area contributed by atoms with E-state index in [9.17, 15) is 10.1 Å². The van der Waals surface area contributed by atoms with Crippen LogP contribution in [0.1, 0.15) is 11.1 Å². The summed E-state index contributed by atoms with van der Waals surface area (Å²) in [6, 6.07) is 3.34. The van der Waals surface area contributed by atoms with Crippen molar-refractivity contribution in [3.8, 4) is 0 Å². The van der Waals surface area contributed by atoms with Gasteiger partial charge in [-0.25, -0.2) is 0 Å². The summed E-state index contributed by atoms with van der Waals surface area (Å²) in [4.78, 5) is 10.1. The summed E-state index contributed by atoms with van der Waals surface area (Å²) >= 11 is 5.79. The molecule has 0 aliphatic carbocycles. The summed E-state index contributed by atoms with van der Waals surface area (Å²) in [6.45, 7) is 1.85. The van der Waals surface area contributed by atoms with Gasteiger partial charge in [0.1, 0.15) is 5.02 Å². The van der Waals surface area contributed by atoms with Crippen molar-refractivity contribution >= 4 is 17.3 Å². The molecule has 0 spiro atoms. The van der Waals surface area contributed by atoms with Crippen molar-refractivity contribution in [1.29, 1.82) is 0 Å². The van der Waals surface area contributed by atoms with Crippen LogP contribution >= 0.6 is 11.6 Å². The zero-order valence-electron chi connectivity index (χ0n) is 7.08. The largest absolute Gasteiger partial charge is 0.326 e. The Hall–Kier alpha value is -1.13. The van der Waals surface area contributed by atoms with E-state index in [1.165, 1.54) is 0 Å². The molecule has 0 amide bonds. The lowest BCUT2D eigenvalue weighted by molar-refractivity contribution is -0.385. The van der Waals surface area contributed by atoms with Crippen molar-refractivity contribution in [2.24, 2.45) is 5.73 Å². The lowest BCUT2D eigenvalue weighted by atomic mass is 10.1. The van der Waals surface area contributed by atoms with Gasteiger partial charge < -0.3 is 5.73 Å². The predicted molar refractivity (Wildman–Crippen MR) is 50.7 cm³/mol. The van der Waals surface area contributed by atoms with E-state index in [2.05, 4.69) is 0 Å². The highest BCUT2D eigenvalue weighted by atomic mass is 35.5. The van der Waals surface area contributed by atoms with Crippen molar-refractivity contribution in [1.82, 2.24) is 0 Å². The molecule has 0 saturated heterocycles. The van der Waals surface area contributed by atoms with Crippen LogP contribution in [0.2, 0.25) is 5.02 Å². The minimum Gasteiger partial charge on any atom is -0.326 e. The van der Waals surface area contributed by atoms with E-state index in [0.29, 0.717) is 11.1 Å². The molecule has 0 fully saturated rings. The van der Waals surface area contributed by atoms with Gasteiger partial charge in [0.05, 0.1) is 4.92 Å². The lowest BCUT2D eigenvalue weighted by Gasteiger charge is -2.03. The summed E-state index contributed by atoms with van der Waals surface area (Å²) < 4.78 is 0. The monoisotopic (exact) mass is 200 g/mol. The van der Waals surface area contributed by atoms with Crippen LogP contribution in [-0.4, -0.2) is 4.92 Å². The number of nitro groups is 1. The number of hydrogen-bond acceptors (Lipinski definition) is 3. The van der Waals surface area contributed by atoms with Crippen LogP contribution in [0, 0.1) is 17.0 Å². The minimum absolute atomic E-state index is 0.0513. The third-order valence-corrected chi connectivity index (χ3v) is 2.22. The molecule has 13 heavy (non-hydrogen) atoms. The van der Waals surface area contributed by atoms with Gasteiger partial charge in [0.25, 0.3) is 5.69 Å². The van der Waals surface area contributed by atoms with Crippen LogP contribution in [0.4, 0.5) is 5.69 Å². The lowest BCUT2D eigenvalue weighted by Crippen LogP contribution is -2.01. The highest BCUT2D eigenvalue weighted by Crippen LogP contribution is 2.30. The molecule has 2 N–H and O–H groups in total. The highest BCUT2D eigenvalue weighted by molar-refractivity contribution is 6.33. The summed E-state index contributed by atoms with van der Waals surface area (Å²) in [6.07, 6.45) is 0. The number of nitrogens with two attached hydrogens (primary N) is 1. The Labute approximate surface area is 80.5 Å². The van der Waals surface area contributed by atoms with Crippen LogP contribution in [0.3, 0.4) is 0 Å². The second kappa shape index (κ2) is 3.72. The maximum Gasteiger partial charge on any atom is 0.291 e. The Morgan fingerprint density at radius 1 is 1.62 bits per heavy atom. The number of nitrogens with zero attached hydrogens (tertiary/aromatic N) is 1. The van der Waals surface area contributed by atoms with E-state index in [1.807, 2.05) is 0 Å². The van der Waals surface area contributed by atoms with E-state index in [4.69, 9.17) is 17.3 Å². The first-order valence-electron chi connectivity index (χ1n) is 3.70. The molecular formula is C8H9ClN2O2. The fourth-order valence-electron chi connectivity index (χ4n) is 1.08. The Balaban J connectivity index is 3.38. The molecule has 1 aromatic carbocycles. The molecule has 0 heterocycles. The number of halogens is 1. The van der Waals surface area contributed by atoms with Gasteiger partial charge in [-0.15, -0.1) is 0 Å². The van der Waals surface area contributed by atoms with E-state index < -0.39 is 4.92 Å². The molecule has 0 atom stereocenters. The van der Waals surface area contributed by atoms with Gasteiger partial charge in [-0.05, 0) is 12.5 Å².